The highest BCUT2D eigenvalue weighted by Crippen LogP contribution is 2.59. The fraction of sp³-hybridized carbons (Fsp3) is 0.562. The summed E-state index contributed by atoms with van der Waals surface area (Å²) in [5.74, 6) is -0.541. The van der Waals surface area contributed by atoms with Crippen molar-refractivity contribution in [3.05, 3.63) is 35.4 Å². The zero-order chi connectivity index (χ0) is 16.6. The molecule has 3 nitrogen and oxygen atoms in total. The molecule has 0 N–H and O–H groups in total. The molecule has 0 aromatic heterocycles. The topological polar surface area (TPSA) is 38.8 Å². The summed E-state index contributed by atoms with van der Waals surface area (Å²) in [5, 5.41) is 0. The van der Waals surface area contributed by atoms with Crippen molar-refractivity contribution in [3.8, 4) is 0 Å². The molecule has 22 heavy (non-hydrogen) atoms. The van der Waals surface area contributed by atoms with Gasteiger partial charge in [0, 0.05) is 0 Å². The van der Waals surface area contributed by atoms with Crippen LogP contribution in [0.3, 0.4) is 0 Å². The van der Waals surface area contributed by atoms with Gasteiger partial charge in [-0.1, -0.05) is 25.5 Å². The van der Waals surface area contributed by atoms with Gasteiger partial charge in [-0.3, -0.25) is 0 Å². The Bertz CT molecular complexity index is 570. The first kappa shape index (κ1) is 16.8. The van der Waals surface area contributed by atoms with Crippen LogP contribution in [-0.4, -0.2) is 18.2 Å². The number of esters is 1. The maximum atomic E-state index is 12.9. The van der Waals surface area contributed by atoms with Gasteiger partial charge in [0.15, 0.2) is 5.60 Å². The average molecular weight is 316 g/mol. The van der Waals surface area contributed by atoms with Gasteiger partial charge in [0.1, 0.15) is 5.60 Å². The van der Waals surface area contributed by atoms with E-state index in [9.17, 15) is 18.0 Å². The van der Waals surface area contributed by atoms with E-state index in [0.717, 1.165) is 12.1 Å². The number of carbonyl (C=O) groups excluding carboxylic acids is 1. The molecule has 2 atom stereocenters. The minimum Gasteiger partial charge on any atom is -0.464 e. The molecule has 0 radical (unpaired) electrons. The van der Waals surface area contributed by atoms with Crippen molar-refractivity contribution in [3.63, 3.8) is 0 Å². The molecular weight excluding hydrogens is 297 g/mol. The van der Waals surface area contributed by atoms with E-state index in [1.54, 1.807) is 19.9 Å². The molecule has 0 spiro atoms. The van der Waals surface area contributed by atoms with E-state index in [4.69, 9.17) is 9.47 Å². The van der Waals surface area contributed by atoms with Gasteiger partial charge in [0.05, 0.1) is 12.2 Å². The Morgan fingerprint density at radius 3 is 2.55 bits per heavy atom. The molecule has 1 aromatic rings. The number of halogens is 3. The predicted molar refractivity (Wildman–Crippen MR) is 74.2 cm³/mol. The SMILES string of the molecule is CCCC1(c2cccc(C(F)(F)F)c2)OC1(C)C(=O)OCC. The first-order valence-corrected chi connectivity index (χ1v) is 7.26. The molecule has 1 fully saturated rings. The lowest BCUT2D eigenvalue weighted by molar-refractivity contribution is -0.148. The van der Waals surface area contributed by atoms with Gasteiger partial charge in [-0.15, -0.1) is 0 Å². The first-order valence-electron chi connectivity index (χ1n) is 7.26. The van der Waals surface area contributed by atoms with Crippen molar-refractivity contribution < 1.29 is 27.4 Å². The van der Waals surface area contributed by atoms with Crippen LogP contribution >= 0.6 is 0 Å². The van der Waals surface area contributed by atoms with E-state index >= 15 is 0 Å². The highest BCUT2D eigenvalue weighted by molar-refractivity contribution is 5.85. The molecule has 0 saturated carbocycles. The summed E-state index contributed by atoms with van der Waals surface area (Å²) in [5.41, 5.74) is -2.67. The van der Waals surface area contributed by atoms with E-state index in [0.29, 0.717) is 18.4 Å². The summed E-state index contributed by atoms with van der Waals surface area (Å²) in [6.45, 7) is 5.33. The van der Waals surface area contributed by atoms with Crippen molar-refractivity contribution in [1.29, 1.82) is 0 Å². The van der Waals surface area contributed by atoms with E-state index in [-0.39, 0.29) is 6.61 Å². The Hall–Kier alpha value is -1.56. The van der Waals surface area contributed by atoms with E-state index in [2.05, 4.69) is 0 Å². The number of benzene rings is 1. The molecule has 0 aliphatic carbocycles. The van der Waals surface area contributed by atoms with Gasteiger partial charge in [0.25, 0.3) is 0 Å². The van der Waals surface area contributed by atoms with Crippen LogP contribution in [0.25, 0.3) is 0 Å². The van der Waals surface area contributed by atoms with E-state index in [1.807, 2.05) is 6.92 Å². The van der Waals surface area contributed by atoms with E-state index < -0.39 is 28.9 Å². The summed E-state index contributed by atoms with van der Waals surface area (Å²) in [6, 6.07) is 4.96. The van der Waals surface area contributed by atoms with Crippen molar-refractivity contribution >= 4 is 5.97 Å². The monoisotopic (exact) mass is 316 g/mol. The van der Waals surface area contributed by atoms with Crippen molar-refractivity contribution in [2.75, 3.05) is 6.61 Å². The number of alkyl halides is 3. The van der Waals surface area contributed by atoms with Gasteiger partial charge >= 0.3 is 12.1 Å². The standard InChI is InChI=1S/C16H19F3O3/c1-4-9-15(14(3,22-15)13(20)21-5-2)11-7-6-8-12(10-11)16(17,18)19/h6-8,10H,4-5,9H2,1-3H3. The number of carbonyl (C=O) groups is 1. The van der Waals surface area contributed by atoms with Crippen LogP contribution in [0, 0.1) is 0 Å². The summed E-state index contributed by atoms with van der Waals surface area (Å²) < 4.78 is 49.4. The molecule has 122 valence electrons. The molecule has 1 heterocycles. The number of epoxide rings is 1. The summed E-state index contributed by atoms with van der Waals surface area (Å²) in [4.78, 5) is 12.1. The predicted octanol–water partition coefficient (Wildman–Crippen LogP) is 4.05. The minimum absolute atomic E-state index is 0.197. The molecule has 1 saturated heterocycles. The first-order chi connectivity index (χ1) is 10.2. The second kappa shape index (κ2) is 5.57. The molecule has 1 aromatic carbocycles. The van der Waals surface area contributed by atoms with Crippen LogP contribution in [0.5, 0.6) is 0 Å². The Morgan fingerprint density at radius 2 is 2.00 bits per heavy atom. The molecular formula is C16H19F3O3. The van der Waals surface area contributed by atoms with Gasteiger partial charge in [-0.2, -0.15) is 13.2 Å². The van der Waals surface area contributed by atoms with Crippen molar-refractivity contribution in [2.45, 2.75) is 51.0 Å². The lowest BCUT2D eigenvalue weighted by Gasteiger charge is -2.18. The molecule has 0 bridgehead atoms. The molecule has 2 rings (SSSR count). The second-order valence-electron chi connectivity index (χ2n) is 5.51. The Balaban J connectivity index is 2.41. The summed E-state index contributed by atoms with van der Waals surface area (Å²) in [7, 11) is 0. The maximum Gasteiger partial charge on any atom is 0.416 e. The third kappa shape index (κ3) is 2.60. The van der Waals surface area contributed by atoms with E-state index in [1.165, 1.54) is 6.07 Å². The van der Waals surface area contributed by atoms with Crippen LogP contribution in [-0.2, 0) is 26.0 Å². The zero-order valence-corrected chi connectivity index (χ0v) is 12.8. The Labute approximate surface area is 127 Å². The van der Waals surface area contributed by atoms with Gasteiger partial charge in [-0.25, -0.2) is 4.79 Å². The third-order valence-electron chi connectivity index (χ3n) is 4.03. The summed E-state index contributed by atoms with van der Waals surface area (Å²) in [6.07, 6.45) is -3.31. The molecule has 6 heteroatoms. The third-order valence-corrected chi connectivity index (χ3v) is 4.03. The lowest BCUT2D eigenvalue weighted by atomic mass is 9.83. The van der Waals surface area contributed by atoms with Gasteiger partial charge in [-0.05, 0) is 38.0 Å². The summed E-state index contributed by atoms with van der Waals surface area (Å²) >= 11 is 0. The smallest absolute Gasteiger partial charge is 0.416 e. The van der Waals surface area contributed by atoms with Gasteiger partial charge < -0.3 is 9.47 Å². The normalized spacial score (nSPS) is 27.5. The van der Waals surface area contributed by atoms with Crippen molar-refractivity contribution in [2.24, 2.45) is 0 Å². The number of hydrogen-bond donors (Lipinski definition) is 0. The molecule has 1 aliphatic rings. The second-order valence-corrected chi connectivity index (χ2v) is 5.51. The Kier molecular flexibility index (Phi) is 4.26. The fourth-order valence-corrected chi connectivity index (χ4v) is 2.87. The van der Waals surface area contributed by atoms with Crippen LogP contribution in [0.2, 0.25) is 0 Å². The highest BCUT2D eigenvalue weighted by atomic mass is 19.4. The quantitative estimate of drug-likeness (QED) is 0.607. The molecule has 0 amide bonds. The van der Waals surface area contributed by atoms with Crippen LogP contribution in [0.4, 0.5) is 13.2 Å². The molecule has 2 unspecified atom stereocenters. The number of rotatable bonds is 5. The van der Waals surface area contributed by atoms with Crippen LogP contribution < -0.4 is 0 Å². The number of hydrogen-bond acceptors (Lipinski definition) is 3. The van der Waals surface area contributed by atoms with Crippen LogP contribution in [0.1, 0.15) is 44.7 Å². The van der Waals surface area contributed by atoms with Crippen LogP contribution in [0.15, 0.2) is 24.3 Å². The molecule has 1 aliphatic heterocycles. The minimum atomic E-state index is -4.43. The fourth-order valence-electron chi connectivity index (χ4n) is 2.87. The highest BCUT2D eigenvalue weighted by Gasteiger charge is 2.72. The van der Waals surface area contributed by atoms with Gasteiger partial charge in [0.2, 0.25) is 0 Å². The number of ether oxygens (including phenoxy) is 2. The zero-order valence-electron chi connectivity index (χ0n) is 12.8. The van der Waals surface area contributed by atoms with Crippen molar-refractivity contribution in [1.82, 2.24) is 0 Å². The largest absolute Gasteiger partial charge is 0.464 e. The lowest BCUT2D eigenvalue weighted by Crippen LogP contribution is -2.32. The Morgan fingerprint density at radius 1 is 1.32 bits per heavy atom. The maximum absolute atomic E-state index is 12.9. The average Bonchev–Trinajstić information content (AvgIpc) is 3.07.